The second-order valence-electron chi connectivity index (χ2n) is 7.25. The first-order valence-electron chi connectivity index (χ1n) is 10.3. The monoisotopic (exact) mass is 415 g/mol. The van der Waals surface area contributed by atoms with Gasteiger partial charge in [0.25, 0.3) is 0 Å². The Morgan fingerprint density at radius 3 is 2.03 bits per heavy atom. The Hall–Kier alpha value is -3.08. The smallest absolute Gasteiger partial charge is 0.338 e. The van der Waals surface area contributed by atoms with Crippen molar-refractivity contribution in [2.75, 3.05) is 32.1 Å². The Balaban J connectivity index is 2.18. The van der Waals surface area contributed by atoms with Crippen molar-refractivity contribution in [3.05, 3.63) is 29.3 Å². The number of nitriles is 1. The van der Waals surface area contributed by atoms with Crippen LogP contribution in [0.15, 0.2) is 18.2 Å². The van der Waals surface area contributed by atoms with E-state index >= 15 is 0 Å². The molecule has 1 aromatic carbocycles. The molecule has 0 heterocycles. The number of ether oxygens (including phenoxy) is 2. The second-order valence-corrected chi connectivity index (χ2v) is 7.25. The molecule has 0 unspecified atom stereocenters. The van der Waals surface area contributed by atoms with Gasteiger partial charge >= 0.3 is 11.9 Å². The highest BCUT2D eigenvalue weighted by atomic mass is 16.5. The topological polar surface area (TPSA) is 109 Å². The van der Waals surface area contributed by atoms with Gasteiger partial charge in [-0.1, -0.05) is 19.3 Å². The molecule has 1 aliphatic rings. The van der Waals surface area contributed by atoms with Crippen LogP contribution in [0.2, 0.25) is 0 Å². The van der Waals surface area contributed by atoms with Gasteiger partial charge in [-0.25, -0.2) is 9.59 Å². The molecule has 0 aliphatic heterocycles. The number of carbonyl (C=O) groups excluding carboxylic acids is 3. The van der Waals surface area contributed by atoms with Gasteiger partial charge in [-0.05, 0) is 44.9 Å². The van der Waals surface area contributed by atoms with E-state index in [1.165, 1.54) is 23.1 Å². The minimum Gasteiger partial charge on any atom is -0.462 e. The molecule has 1 amide bonds. The molecule has 1 aromatic rings. The third-order valence-electron chi connectivity index (χ3n) is 5.30. The van der Waals surface area contributed by atoms with Crippen LogP contribution in [0.1, 0.15) is 66.7 Å². The van der Waals surface area contributed by atoms with Crippen LogP contribution in [0, 0.1) is 11.3 Å². The van der Waals surface area contributed by atoms with Gasteiger partial charge in [-0.2, -0.15) is 5.26 Å². The van der Waals surface area contributed by atoms with Gasteiger partial charge in [0.05, 0.1) is 37.0 Å². The number of benzene rings is 1. The van der Waals surface area contributed by atoms with Crippen LogP contribution in [0.3, 0.4) is 0 Å². The maximum absolute atomic E-state index is 12.8. The van der Waals surface area contributed by atoms with E-state index in [1.807, 2.05) is 0 Å². The number of esters is 2. The van der Waals surface area contributed by atoms with E-state index in [0.717, 1.165) is 19.3 Å². The SMILES string of the molecule is CCOC(=O)c1cc(NCC(=O)N(C)C2(C#N)CCCCC2)cc(C(=O)OCC)c1. The van der Waals surface area contributed by atoms with Crippen molar-refractivity contribution in [1.29, 1.82) is 5.26 Å². The van der Waals surface area contributed by atoms with Crippen LogP contribution < -0.4 is 5.32 Å². The van der Waals surface area contributed by atoms with E-state index in [2.05, 4.69) is 11.4 Å². The molecule has 1 fully saturated rings. The quantitative estimate of drug-likeness (QED) is 0.650. The Morgan fingerprint density at radius 1 is 1.03 bits per heavy atom. The molecule has 0 aromatic heterocycles. The van der Waals surface area contributed by atoms with Gasteiger partial charge in [-0.15, -0.1) is 0 Å². The summed E-state index contributed by atoms with van der Waals surface area (Å²) in [6.07, 6.45) is 4.24. The van der Waals surface area contributed by atoms with Gasteiger partial charge in [0, 0.05) is 12.7 Å². The van der Waals surface area contributed by atoms with Crippen molar-refractivity contribution < 1.29 is 23.9 Å². The fourth-order valence-corrected chi connectivity index (χ4v) is 3.59. The normalized spacial score (nSPS) is 14.9. The van der Waals surface area contributed by atoms with Crippen molar-refractivity contribution in [3.63, 3.8) is 0 Å². The molecule has 30 heavy (non-hydrogen) atoms. The molecule has 1 N–H and O–H groups in total. The molecular formula is C22H29N3O5. The van der Waals surface area contributed by atoms with E-state index < -0.39 is 17.5 Å². The summed E-state index contributed by atoms with van der Waals surface area (Å²) in [5.74, 6) is -1.38. The summed E-state index contributed by atoms with van der Waals surface area (Å²) >= 11 is 0. The largest absolute Gasteiger partial charge is 0.462 e. The number of nitrogens with one attached hydrogen (secondary N) is 1. The number of carbonyl (C=O) groups is 3. The predicted octanol–water partition coefficient (Wildman–Crippen LogP) is 3.14. The summed E-state index contributed by atoms with van der Waals surface area (Å²) in [6.45, 7) is 3.71. The maximum Gasteiger partial charge on any atom is 0.338 e. The van der Waals surface area contributed by atoms with Gasteiger partial charge in [-0.3, -0.25) is 4.79 Å². The maximum atomic E-state index is 12.8. The lowest BCUT2D eigenvalue weighted by Crippen LogP contribution is -2.51. The zero-order valence-corrected chi connectivity index (χ0v) is 17.8. The Morgan fingerprint density at radius 2 is 1.57 bits per heavy atom. The van der Waals surface area contributed by atoms with Crippen molar-refractivity contribution in [2.24, 2.45) is 0 Å². The van der Waals surface area contributed by atoms with Crippen LogP contribution >= 0.6 is 0 Å². The Labute approximate surface area is 177 Å². The number of nitrogens with zero attached hydrogens (tertiary/aromatic N) is 2. The summed E-state index contributed by atoms with van der Waals surface area (Å²) in [5.41, 5.74) is 0.0119. The standard InChI is InChI=1S/C22H29N3O5/c1-4-29-20(27)16-11-17(21(28)30-5-2)13-18(12-16)24-14-19(26)25(3)22(15-23)9-7-6-8-10-22/h11-13,24H,4-10,14H2,1-3H3. The molecule has 2 rings (SSSR count). The molecule has 0 bridgehead atoms. The third-order valence-corrected chi connectivity index (χ3v) is 5.30. The van der Waals surface area contributed by atoms with Crippen molar-refractivity contribution in [2.45, 2.75) is 51.5 Å². The summed E-state index contributed by atoms with van der Waals surface area (Å²) in [7, 11) is 1.65. The van der Waals surface area contributed by atoms with E-state index in [4.69, 9.17) is 9.47 Å². The van der Waals surface area contributed by atoms with Crippen LogP contribution in [0.4, 0.5) is 5.69 Å². The molecule has 0 spiro atoms. The van der Waals surface area contributed by atoms with Gasteiger partial charge in [0.2, 0.25) is 5.91 Å². The van der Waals surface area contributed by atoms with Gasteiger partial charge in [0.15, 0.2) is 0 Å². The summed E-state index contributed by atoms with van der Waals surface area (Å²) < 4.78 is 10.0. The van der Waals surface area contributed by atoms with E-state index in [-0.39, 0.29) is 36.8 Å². The molecule has 0 saturated heterocycles. The fraction of sp³-hybridized carbons (Fsp3) is 0.545. The summed E-state index contributed by atoms with van der Waals surface area (Å²) in [5, 5.41) is 12.6. The molecule has 0 atom stereocenters. The lowest BCUT2D eigenvalue weighted by Gasteiger charge is -2.39. The number of amides is 1. The number of anilines is 1. The first kappa shape index (κ1) is 23.2. The highest BCUT2D eigenvalue weighted by molar-refractivity contribution is 5.97. The zero-order chi connectivity index (χ0) is 22.1. The predicted molar refractivity (Wildman–Crippen MR) is 111 cm³/mol. The van der Waals surface area contributed by atoms with Gasteiger partial charge in [0.1, 0.15) is 5.54 Å². The molecule has 1 aliphatic carbocycles. The highest BCUT2D eigenvalue weighted by Crippen LogP contribution is 2.32. The first-order chi connectivity index (χ1) is 14.4. The molecule has 162 valence electrons. The molecule has 0 radical (unpaired) electrons. The summed E-state index contributed by atoms with van der Waals surface area (Å²) in [6, 6.07) is 6.78. The van der Waals surface area contributed by atoms with Crippen molar-refractivity contribution in [3.8, 4) is 6.07 Å². The van der Waals surface area contributed by atoms with Gasteiger partial charge < -0.3 is 19.7 Å². The van der Waals surface area contributed by atoms with Crippen molar-refractivity contribution in [1.82, 2.24) is 4.90 Å². The van der Waals surface area contributed by atoms with E-state index in [0.29, 0.717) is 18.5 Å². The van der Waals surface area contributed by atoms with E-state index in [1.54, 1.807) is 20.9 Å². The zero-order valence-electron chi connectivity index (χ0n) is 17.8. The van der Waals surface area contributed by atoms with E-state index in [9.17, 15) is 19.6 Å². The number of likely N-dealkylation sites (N-methyl/N-ethyl adjacent to an activating group) is 1. The number of hydrogen-bond acceptors (Lipinski definition) is 7. The Kier molecular flexibility index (Phi) is 8.22. The Bertz CT molecular complexity index is 788. The average Bonchev–Trinajstić information content (AvgIpc) is 2.77. The molecular weight excluding hydrogens is 386 g/mol. The lowest BCUT2D eigenvalue weighted by atomic mass is 9.81. The number of rotatable bonds is 8. The fourth-order valence-electron chi connectivity index (χ4n) is 3.59. The average molecular weight is 415 g/mol. The van der Waals surface area contributed by atoms with Crippen LogP contribution in [0.5, 0.6) is 0 Å². The lowest BCUT2D eigenvalue weighted by molar-refractivity contribution is -0.132. The minimum absolute atomic E-state index is 0.0749. The summed E-state index contributed by atoms with van der Waals surface area (Å²) in [4.78, 5) is 38.6. The van der Waals surface area contributed by atoms with Crippen LogP contribution in [0.25, 0.3) is 0 Å². The molecule has 1 saturated carbocycles. The third kappa shape index (κ3) is 5.50. The molecule has 8 nitrogen and oxygen atoms in total. The first-order valence-corrected chi connectivity index (χ1v) is 10.3. The number of hydrogen-bond donors (Lipinski definition) is 1. The highest BCUT2D eigenvalue weighted by Gasteiger charge is 2.38. The van der Waals surface area contributed by atoms with Crippen LogP contribution in [-0.2, 0) is 14.3 Å². The van der Waals surface area contributed by atoms with Crippen molar-refractivity contribution >= 4 is 23.5 Å². The minimum atomic E-state index is -0.778. The second kappa shape index (κ2) is 10.6. The molecule has 8 heteroatoms. The van der Waals surface area contributed by atoms with Crippen LogP contribution in [-0.4, -0.2) is 55.1 Å².